The molecule has 34 heavy (non-hydrogen) atoms. The van der Waals surface area contributed by atoms with Gasteiger partial charge in [-0.05, 0) is 80.2 Å². The van der Waals surface area contributed by atoms with Gasteiger partial charge in [0.05, 0.1) is 23.4 Å². The predicted octanol–water partition coefficient (Wildman–Crippen LogP) is 5.24. The first kappa shape index (κ1) is 20.9. The number of hydrogen-bond acceptors (Lipinski definition) is 5. The van der Waals surface area contributed by atoms with E-state index >= 15 is 4.39 Å². The lowest BCUT2D eigenvalue weighted by Gasteiger charge is -2.46. The van der Waals surface area contributed by atoms with E-state index in [1.807, 2.05) is 0 Å². The molecule has 0 saturated heterocycles. The third-order valence-electron chi connectivity index (χ3n) is 7.52. The third-order valence-corrected chi connectivity index (χ3v) is 7.52. The van der Waals surface area contributed by atoms with Crippen molar-refractivity contribution in [1.29, 1.82) is 0 Å². The van der Waals surface area contributed by atoms with Crippen molar-refractivity contribution in [1.82, 2.24) is 20.2 Å². The first-order chi connectivity index (χ1) is 16.5. The number of halogens is 2. The molecule has 2 bridgehead atoms. The Morgan fingerprint density at radius 1 is 1.09 bits per heavy atom. The molecular formula is C25H22F2N4O3. The van der Waals surface area contributed by atoms with Crippen molar-refractivity contribution < 1.29 is 23.1 Å². The molecule has 2 unspecified atom stereocenters. The molecule has 0 amide bonds. The number of nitrogens with one attached hydrogen (secondary N) is 1. The van der Waals surface area contributed by atoms with Crippen LogP contribution in [0.4, 0.5) is 8.78 Å². The molecule has 7 nitrogen and oxygen atoms in total. The molecule has 174 valence electrons. The predicted molar refractivity (Wildman–Crippen MR) is 119 cm³/mol. The Kier molecular flexibility index (Phi) is 4.93. The number of carboxylic acids is 1. The van der Waals surface area contributed by atoms with Crippen LogP contribution < -0.4 is 0 Å². The zero-order chi connectivity index (χ0) is 23.4. The highest BCUT2D eigenvalue weighted by Gasteiger charge is 2.47. The van der Waals surface area contributed by atoms with Crippen molar-refractivity contribution in [2.45, 2.75) is 32.1 Å². The molecule has 9 heteroatoms. The SMILES string of the molecule is O=C(O)C1C2CCC(CC2)C1Cc1nc(-c2n[nH]c3ccc(F)cc23)nc(-c2ccco2)c1F. The van der Waals surface area contributed by atoms with Gasteiger partial charge in [0.25, 0.3) is 0 Å². The summed E-state index contributed by atoms with van der Waals surface area (Å²) in [6.45, 7) is 0. The number of carbonyl (C=O) groups is 1. The maximum Gasteiger partial charge on any atom is 0.307 e. The molecule has 3 fully saturated rings. The molecule has 3 aromatic heterocycles. The maximum atomic E-state index is 15.7. The first-order valence-electron chi connectivity index (χ1n) is 11.5. The number of carboxylic acid groups (broad SMARTS) is 1. The van der Waals surface area contributed by atoms with Crippen molar-refractivity contribution >= 4 is 16.9 Å². The van der Waals surface area contributed by atoms with Crippen molar-refractivity contribution in [2.75, 3.05) is 0 Å². The van der Waals surface area contributed by atoms with Gasteiger partial charge in [0.1, 0.15) is 17.2 Å². The molecule has 0 aliphatic heterocycles. The van der Waals surface area contributed by atoms with Gasteiger partial charge < -0.3 is 9.52 Å². The second-order valence-corrected chi connectivity index (χ2v) is 9.30. The van der Waals surface area contributed by atoms with Crippen LogP contribution in [0.2, 0.25) is 0 Å². The molecule has 2 atom stereocenters. The fourth-order valence-electron chi connectivity index (χ4n) is 5.94. The minimum Gasteiger partial charge on any atom is -0.481 e. The molecule has 0 spiro atoms. The van der Waals surface area contributed by atoms with Gasteiger partial charge in [-0.15, -0.1) is 0 Å². The van der Waals surface area contributed by atoms with Crippen LogP contribution in [0, 0.1) is 35.3 Å². The molecule has 1 aromatic carbocycles. The third kappa shape index (κ3) is 3.38. The zero-order valence-electron chi connectivity index (χ0n) is 18.2. The number of furan rings is 1. The zero-order valence-corrected chi connectivity index (χ0v) is 18.2. The number of fused-ring (bicyclic) bond motifs is 4. The Labute approximate surface area is 193 Å². The fourth-order valence-corrected chi connectivity index (χ4v) is 5.94. The molecule has 7 rings (SSSR count). The number of aromatic nitrogens is 4. The Balaban J connectivity index is 1.49. The van der Waals surface area contributed by atoms with E-state index < -0.39 is 23.5 Å². The van der Waals surface area contributed by atoms with Gasteiger partial charge in [0, 0.05) is 5.39 Å². The van der Waals surface area contributed by atoms with Crippen molar-refractivity contribution in [3.8, 4) is 23.0 Å². The summed E-state index contributed by atoms with van der Waals surface area (Å²) in [5.41, 5.74) is 1.00. The number of benzene rings is 1. The summed E-state index contributed by atoms with van der Waals surface area (Å²) in [7, 11) is 0. The summed E-state index contributed by atoms with van der Waals surface area (Å²) in [6.07, 6.45) is 5.32. The second-order valence-electron chi connectivity index (χ2n) is 9.30. The Morgan fingerprint density at radius 2 is 1.88 bits per heavy atom. The van der Waals surface area contributed by atoms with E-state index in [1.54, 1.807) is 18.2 Å². The maximum absolute atomic E-state index is 15.7. The number of hydrogen-bond donors (Lipinski definition) is 2. The molecule has 3 heterocycles. The van der Waals surface area contributed by atoms with Gasteiger partial charge in [-0.25, -0.2) is 18.7 Å². The van der Waals surface area contributed by atoms with Crippen LogP contribution in [0.15, 0.2) is 41.0 Å². The average Bonchev–Trinajstić information content (AvgIpc) is 3.51. The van der Waals surface area contributed by atoms with Gasteiger partial charge in [-0.3, -0.25) is 9.89 Å². The molecule has 3 aliphatic rings. The second kappa shape index (κ2) is 8.00. The van der Waals surface area contributed by atoms with Crippen molar-refractivity contribution in [3.05, 3.63) is 53.9 Å². The van der Waals surface area contributed by atoms with E-state index in [0.717, 1.165) is 25.7 Å². The number of H-pyrrole nitrogens is 1. The highest BCUT2D eigenvalue weighted by molar-refractivity contribution is 5.91. The van der Waals surface area contributed by atoms with Crippen LogP contribution in [-0.4, -0.2) is 31.2 Å². The lowest BCUT2D eigenvalue weighted by Crippen LogP contribution is -2.45. The number of aromatic amines is 1. The summed E-state index contributed by atoms with van der Waals surface area (Å²) in [5.74, 6) is -1.93. The highest BCUT2D eigenvalue weighted by Crippen LogP contribution is 2.50. The van der Waals surface area contributed by atoms with Gasteiger partial charge in [0.15, 0.2) is 17.4 Å². The van der Waals surface area contributed by atoms with Gasteiger partial charge in [0.2, 0.25) is 0 Å². The van der Waals surface area contributed by atoms with E-state index in [0.29, 0.717) is 16.6 Å². The summed E-state index contributed by atoms with van der Waals surface area (Å²) >= 11 is 0. The molecular weight excluding hydrogens is 442 g/mol. The standard InChI is InChI=1S/C25H22F2N4O3/c26-14-7-8-17-16(10-14)22(31-30-17)24-28-18(21(27)23(29-24)19-2-1-9-34-19)11-15-12-3-5-13(6-4-12)20(15)25(32)33/h1-2,7-10,12-13,15,20H,3-6,11H2,(H,30,31)(H,32,33). The van der Waals surface area contributed by atoms with Crippen molar-refractivity contribution in [2.24, 2.45) is 23.7 Å². The first-order valence-corrected chi connectivity index (χ1v) is 11.5. The molecule has 0 radical (unpaired) electrons. The monoisotopic (exact) mass is 464 g/mol. The number of aliphatic carboxylic acids is 1. The van der Waals surface area contributed by atoms with Crippen LogP contribution >= 0.6 is 0 Å². The largest absolute Gasteiger partial charge is 0.481 e. The minimum atomic E-state index is -0.825. The van der Waals surface area contributed by atoms with Gasteiger partial charge >= 0.3 is 5.97 Å². The Bertz CT molecular complexity index is 1380. The Hall–Kier alpha value is -3.62. The van der Waals surface area contributed by atoms with Crippen LogP contribution in [0.1, 0.15) is 31.4 Å². The fraction of sp³-hybridized carbons (Fsp3) is 0.360. The van der Waals surface area contributed by atoms with Gasteiger partial charge in [-0.2, -0.15) is 5.10 Å². The van der Waals surface area contributed by atoms with Crippen LogP contribution in [0.25, 0.3) is 33.9 Å². The summed E-state index contributed by atoms with van der Waals surface area (Å²) in [4.78, 5) is 21.0. The molecule has 3 aliphatic carbocycles. The van der Waals surface area contributed by atoms with E-state index in [-0.39, 0.29) is 47.1 Å². The number of rotatable bonds is 5. The van der Waals surface area contributed by atoms with E-state index in [2.05, 4.69) is 20.2 Å². The van der Waals surface area contributed by atoms with E-state index in [1.165, 1.54) is 18.4 Å². The van der Waals surface area contributed by atoms with Crippen LogP contribution in [-0.2, 0) is 11.2 Å². The average molecular weight is 464 g/mol. The minimum absolute atomic E-state index is 0.0228. The summed E-state index contributed by atoms with van der Waals surface area (Å²) in [5, 5.41) is 17.5. The normalized spacial score (nSPS) is 24.1. The highest BCUT2D eigenvalue weighted by atomic mass is 19.1. The van der Waals surface area contributed by atoms with Gasteiger partial charge in [-0.1, -0.05) is 0 Å². The van der Waals surface area contributed by atoms with Crippen LogP contribution in [0.5, 0.6) is 0 Å². The molecule has 4 aromatic rings. The molecule has 3 saturated carbocycles. The topological polar surface area (TPSA) is 105 Å². The molecule has 2 N–H and O–H groups in total. The Morgan fingerprint density at radius 3 is 2.62 bits per heavy atom. The summed E-state index contributed by atoms with van der Waals surface area (Å²) in [6, 6.07) is 7.45. The quantitative estimate of drug-likeness (QED) is 0.419. The van der Waals surface area contributed by atoms with E-state index in [9.17, 15) is 14.3 Å². The van der Waals surface area contributed by atoms with Crippen molar-refractivity contribution in [3.63, 3.8) is 0 Å². The smallest absolute Gasteiger partial charge is 0.307 e. The lowest BCUT2D eigenvalue weighted by atomic mass is 9.57. The number of nitrogens with zero attached hydrogens (tertiary/aromatic N) is 3. The summed E-state index contributed by atoms with van der Waals surface area (Å²) < 4.78 is 35.1. The van der Waals surface area contributed by atoms with E-state index in [4.69, 9.17) is 4.42 Å². The van der Waals surface area contributed by atoms with Crippen LogP contribution in [0.3, 0.4) is 0 Å². The lowest BCUT2D eigenvalue weighted by molar-refractivity contribution is -0.152.